The SMILES string of the molecule is Cc1cccc(Sc2cccc(C)c2)c1. The molecule has 0 spiro atoms. The highest BCUT2D eigenvalue weighted by atomic mass is 32.2. The molecule has 0 heterocycles. The van der Waals surface area contributed by atoms with Gasteiger partial charge < -0.3 is 0 Å². The summed E-state index contributed by atoms with van der Waals surface area (Å²) in [4.78, 5) is 2.61. The van der Waals surface area contributed by atoms with E-state index in [0.717, 1.165) is 0 Å². The highest BCUT2D eigenvalue weighted by Crippen LogP contribution is 2.28. The Hall–Kier alpha value is -1.21. The lowest BCUT2D eigenvalue weighted by Gasteiger charge is -2.03. The zero-order chi connectivity index (χ0) is 10.7. The van der Waals surface area contributed by atoms with Gasteiger partial charge in [0.15, 0.2) is 0 Å². The van der Waals surface area contributed by atoms with Crippen LogP contribution in [-0.4, -0.2) is 0 Å². The second-order valence-corrected chi connectivity index (χ2v) is 4.88. The standard InChI is InChI=1S/C14H14S/c1-11-5-3-7-13(9-11)15-14-8-4-6-12(2)10-14/h3-10H,1-2H3. The average Bonchev–Trinajstić information content (AvgIpc) is 2.17. The minimum atomic E-state index is 1.31. The van der Waals surface area contributed by atoms with E-state index in [1.54, 1.807) is 0 Å². The Labute approximate surface area is 95.3 Å². The van der Waals surface area contributed by atoms with Gasteiger partial charge in [0.2, 0.25) is 0 Å². The van der Waals surface area contributed by atoms with Crippen LogP contribution in [0.1, 0.15) is 11.1 Å². The summed E-state index contributed by atoms with van der Waals surface area (Å²) in [5, 5.41) is 0. The summed E-state index contributed by atoms with van der Waals surface area (Å²) in [7, 11) is 0. The predicted octanol–water partition coefficient (Wildman–Crippen LogP) is 4.45. The molecule has 0 nitrogen and oxygen atoms in total. The molecule has 0 aromatic heterocycles. The van der Waals surface area contributed by atoms with Gasteiger partial charge in [0.1, 0.15) is 0 Å². The fraction of sp³-hybridized carbons (Fsp3) is 0.143. The molecule has 0 unspecified atom stereocenters. The summed E-state index contributed by atoms with van der Waals surface area (Å²) in [5.41, 5.74) is 2.63. The van der Waals surface area contributed by atoms with Crippen molar-refractivity contribution in [2.24, 2.45) is 0 Å². The fourth-order valence-electron chi connectivity index (χ4n) is 1.49. The molecule has 2 aromatic rings. The van der Waals surface area contributed by atoms with Crippen molar-refractivity contribution in [2.75, 3.05) is 0 Å². The third kappa shape index (κ3) is 2.87. The number of rotatable bonds is 2. The molecule has 0 aliphatic carbocycles. The van der Waals surface area contributed by atoms with Crippen LogP contribution in [0.2, 0.25) is 0 Å². The molecule has 0 saturated heterocycles. The van der Waals surface area contributed by atoms with Crippen LogP contribution in [0.4, 0.5) is 0 Å². The lowest BCUT2D eigenvalue weighted by atomic mass is 10.2. The molecule has 2 aromatic carbocycles. The van der Waals surface area contributed by atoms with E-state index in [2.05, 4.69) is 62.4 Å². The van der Waals surface area contributed by atoms with E-state index in [0.29, 0.717) is 0 Å². The molecule has 0 aliphatic heterocycles. The van der Waals surface area contributed by atoms with E-state index >= 15 is 0 Å². The third-order valence-electron chi connectivity index (χ3n) is 2.21. The van der Waals surface area contributed by atoms with Gasteiger partial charge >= 0.3 is 0 Å². The second-order valence-electron chi connectivity index (χ2n) is 3.74. The molecular formula is C14H14S. The van der Waals surface area contributed by atoms with Crippen LogP contribution in [-0.2, 0) is 0 Å². The van der Waals surface area contributed by atoms with Crippen molar-refractivity contribution in [1.29, 1.82) is 0 Å². The number of hydrogen-bond acceptors (Lipinski definition) is 1. The Kier molecular flexibility index (Phi) is 3.12. The average molecular weight is 214 g/mol. The predicted molar refractivity (Wildman–Crippen MR) is 66.5 cm³/mol. The van der Waals surface area contributed by atoms with E-state index in [9.17, 15) is 0 Å². The van der Waals surface area contributed by atoms with Gasteiger partial charge in [-0.05, 0) is 38.1 Å². The van der Waals surface area contributed by atoms with Crippen LogP contribution in [0, 0.1) is 13.8 Å². The van der Waals surface area contributed by atoms with Crippen LogP contribution < -0.4 is 0 Å². The first-order valence-corrected chi connectivity index (χ1v) is 5.87. The molecular weight excluding hydrogens is 200 g/mol. The maximum absolute atomic E-state index is 2.22. The van der Waals surface area contributed by atoms with Crippen LogP contribution in [0.15, 0.2) is 58.3 Å². The molecule has 1 heteroatoms. The van der Waals surface area contributed by atoms with Gasteiger partial charge in [-0.15, -0.1) is 0 Å². The first-order valence-electron chi connectivity index (χ1n) is 5.05. The second kappa shape index (κ2) is 4.54. The zero-order valence-electron chi connectivity index (χ0n) is 9.03. The molecule has 0 N–H and O–H groups in total. The van der Waals surface area contributed by atoms with Gasteiger partial charge in [-0.1, -0.05) is 47.2 Å². The molecule has 76 valence electrons. The zero-order valence-corrected chi connectivity index (χ0v) is 9.84. The number of hydrogen-bond donors (Lipinski definition) is 0. The highest BCUT2D eigenvalue weighted by molar-refractivity contribution is 7.99. The normalized spacial score (nSPS) is 10.3. The fourth-order valence-corrected chi connectivity index (χ4v) is 2.55. The summed E-state index contributed by atoms with van der Waals surface area (Å²) in [6.45, 7) is 4.25. The molecule has 15 heavy (non-hydrogen) atoms. The van der Waals surface area contributed by atoms with Crippen molar-refractivity contribution in [2.45, 2.75) is 23.6 Å². The monoisotopic (exact) mass is 214 g/mol. The summed E-state index contributed by atoms with van der Waals surface area (Å²) in [6, 6.07) is 17.2. The van der Waals surface area contributed by atoms with Crippen molar-refractivity contribution >= 4 is 11.8 Å². The Morgan fingerprint density at radius 3 is 1.60 bits per heavy atom. The Morgan fingerprint density at radius 1 is 0.733 bits per heavy atom. The van der Waals surface area contributed by atoms with Crippen molar-refractivity contribution in [3.8, 4) is 0 Å². The van der Waals surface area contributed by atoms with E-state index in [4.69, 9.17) is 0 Å². The largest absolute Gasteiger partial charge is 0.0901 e. The number of aryl methyl sites for hydroxylation is 2. The molecule has 0 bridgehead atoms. The van der Waals surface area contributed by atoms with Gasteiger partial charge in [0.25, 0.3) is 0 Å². The topological polar surface area (TPSA) is 0 Å². The van der Waals surface area contributed by atoms with E-state index in [1.807, 2.05) is 11.8 Å². The van der Waals surface area contributed by atoms with Crippen molar-refractivity contribution in [3.63, 3.8) is 0 Å². The lowest BCUT2D eigenvalue weighted by molar-refractivity contribution is 1.33. The van der Waals surface area contributed by atoms with E-state index in [1.165, 1.54) is 20.9 Å². The smallest absolute Gasteiger partial charge is 0.0124 e. The minimum Gasteiger partial charge on any atom is -0.0901 e. The van der Waals surface area contributed by atoms with Crippen LogP contribution >= 0.6 is 11.8 Å². The van der Waals surface area contributed by atoms with Crippen LogP contribution in [0.25, 0.3) is 0 Å². The van der Waals surface area contributed by atoms with Gasteiger partial charge in [-0.2, -0.15) is 0 Å². The summed E-state index contributed by atoms with van der Waals surface area (Å²) < 4.78 is 0. The molecule has 2 rings (SSSR count). The molecule has 0 amide bonds. The van der Waals surface area contributed by atoms with Crippen molar-refractivity contribution in [3.05, 3.63) is 59.7 Å². The van der Waals surface area contributed by atoms with Gasteiger partial charge in [0.05, 0.1) is 0 Å². The molecule has 0 atom stereocenters. The highest BCUT2D eigenvalue weighted by Gasteiger charge is 1.97. The first-order chi connectivity index (χ1) is 7.24. The van der Waals surface area contributed by atoms with Gasteiger partial charge in [-0.3, -0.25) is 0 Å². The van der Waals surface area contributed by atoms with E-state index < -0.39 is 0 Å². The third-order valence-corrected chi connectivity index (χ3v) is 3.19. The molecule has 0 radical (unpaired) electrons. The maximum Gasteiger partial charge on any atom is 0.0124 e. The van der Waals surface area contributed by atoms with Gasteiger partial charge in [-0.25, -0.2) is 0 Å². The first kappa shape index (κ1) is 10.3. The molecule has 0 fully saturated rings. The van der Waals surface area contributed by atoms with Crippen LogP contribution in [0.3, 0.4) is 0 Å². The molecule has 0 saturated carbocycles. The Balaban J connectivity index is 2.22. The Bertz CT molecular complexity index is 417. The van der Waals surface area contributed by atoms with E-state index in [-0.39, 0.29) is 0 Å². The summed E-state index contributed by atoms with van der Waals surface area (Å²) >= 11 is 1.82. The maximum atomic E-state index is 2.22. The number of benzene rings is 2. The Morgan fingerprint density at radius 2 is 1.20 bits per heavy atom. The van der Waals surface area contributed by atoms with Crippen molar-refractivity contribution < 1.29 is 0 Å². The van der Waals surface area contributed by atoms with Crippen LogP contribution in [0.5, 0.6) is 0 Å². The lowest BCUT2D eigenvalue weighted by Crippen LogP contribution is -1.77. The summed E-state index contributed by atoms with van der Waals surface area (Å²) in [5.74, 6) is 0. The summed E-state index contributed by atoms with van der Waals surface area (Å²) in [6.07, 6.45) is 0. The molecule has 0 aliphatic rings. The van der Waals surface area contributed by atoms with Crippen molar-refractivity contribution in [1.82, 2.24) is 0 Å². The quantitative estimate of drug-likeness (QED) is 0.711. The van der Waals surface area contributed by atoms with Gasteiger partial charge in [0, 0.05) is 9.79 Å². The minimum absolute atomic E-state index is 1.31.